The van der Waals surface area contributed by atoms with Crippen LogP contribution in [0.25, 0.3) is 5.65 Å². The molecule has 4 heteroatoms. The number of nitrogens with one attached hydrogen (secondary N) is 1. The molecular weight excluding hydrogens is 176 g/mol. The summed E-state index contributed by atoms with van der Waals surface area (Å²) in [6, 6.07) is 1.93. The van der Waals surface area contributed by atoms with Crippen LogP contribution in [0.1, 0.15) is 11.5 Å². The Morgan fingerprint density at radius 1 is 1.50 bits per heavy atom. The number of likely N-dealkylation sites (N-methyl/N-ethyl adjacent to an activating group) is 1. The van der Waals surface area contributed by atoms with Crippen LogP contribution in [0, 0.1) is 6.92 Å². The van der Waals surface area contributed by atoms with Crippen LogP contribution < -0.4 is 5.32 Å². The Bertz CT molecular complexity index is 433. The lowest BCUT2D eigenvalue weighted by molar-refractivity contribution is 0.780. The highest BCUT2D eigenvalue weighted by molar-refractivity contribution is 5.39. The summed E-state index contributed by atoms with van der Waals surface area (Å²) < 4.78 is 2.02. The van der Waals surface area contributed by atoms with Crippen molar-refractivity contribution in [3.8, 4) is 0 Å². The highest BCUT2D eigenvalue weighted by Gasteiger charge is 2.02. The summed E-state index contributed by atoms with van der Waals surface area (Å²) in [5.74, 6) is 0.978. The van der Waals surface area contributed by atoms with Crippen molar-refractivity contribution in [3.05, 3.63) is 30.0 Å². The van der Waals surface area contributed by atoms with Gasteiger partial charge in [0.15, 0.2) is 0 Å². The molecule has 0 unspecified atom stereocenters. The number of hydrogen-bond acceptors (Lipinski definition) is 3. The monoisotopic (exact) mass is 190 g/mol. The average Bonchev–Trinajstić information content (AvgIpc) is 2.59. The van der Waals surface area contributed by atoms with E-state index in [0.717, 1.165) is 30.1 Å². The van der Waals surface area contributed by atoms with E-state index >= 15 is 0 Å². The topological polar surface area (TPSA) is 42.2 Å². The van der Waals surface area contributed by atoms with E-state index in [4.69, 9.17) is 0 Å². The largest absolute Gasteiger partial charge is 0.319 e. The summed E-state index contributed by atoms with van der Waals surface area (Å²) in [6.07, 6.45) is 4.80. The van der Waals surface area contributed by atoms with Gasteiger partial charge in [0.25, 0.3) is 0 Å². The van der Waals surface area contributed by atoms with Crippen molar-refractivity contribution in [3.63, 3.8) is 0 Å². The van der Waals surface area contributed by atoms with Crippen LogP contribution in [-0.4, -0.2) is 28.0 Å². The predicted molar refractivity (Wildman–Crippen MR) is 55.4 cm³/mol. The zero-order valence-electron chi connectivity index (χ0n) is 8.49. The molecule has 0 radical (unpaired) electrons. The Kier molecular flexibility index (Phi) is 2.45. The molecule has 2 aromatic rings. The average molecular weight is 190 g/mol. The fourth-order valence-electron chi connectivity index (χ4n) is 1.47. The van der Waals surface area contributed by atoms with E-state index in [2.05, 4.69) is 21.5 Å². The van der Waals surface area contributed by atoms with Gasteiger partial charge in [-0.1, -0.05) is 0 Å². The minimum absolute atomic E-state index is 0.955. The number of rotatable bonds is 3. The summed E-state index contributed by atoms with van der Waals surface area (Å²) in [7, 11) is 1.95. The maximum absolute atomic E-state index is 4.49. The normalized spacial score (nSPS) is 11.0. The molecule has 1 N–H and O–H groups in total. The minimum atomic E-state index is 0.955. The third-order valence-corrected chi connectivity index (χ3v) is 2.25. The molecule has 0 saturated carbocycles. The van der Waals surface area contributed by atoms with E-state index in [-0.39, 0.29) is 0 Å². The summed E-state index contributed by atoms with van der Waals surface area (Å²) >= 11 is 0. The molecule has 2 rings (SSSR count). The SMILES string of the molecule is CNCCc1cn2c(C)nccc2n1. The molecule has 0 bridgehead atoms. The van der Waals surface area contributed by atoms with Gasteiger partial charge < -0.3 is 5.32 Å². The van der Waals surface area contributed by atoms with Crippen molar-refractivity contribution in [1.82, 2.24) is 19.7 Å². The van der Waals surface area contributed by atoms with Crippen molar-refractivity contribution in [2.24, 2.45) is 0 Å². The van der Waals surface area contributed by atoms with Crippen LogP contribution in [0.3, 0.4) is 0 Å². The molecular formula is C10H14N4. The third kappa shape index (κ3) is 1.61. The highest BCUT2D eigenvalue weighted by Crippen LogP contribution is 2.06. The first-order valence-corrected chi connectivity index (χ1v) is 4.75. The molecule has 2 heterocycles. The maximum atomic E-state index is 4.49. The van der Waals surface area contributed by atoms with Crippen LogP contribution >= 0.6 is 0 Å². The molecule has 0 saturated heterocycles. The fraction of sp³-hybridized carbons (Fsp3) is 0.400. The smallest absolute Gasteiger partial charge is 0.139 e. The minimum Gasteiger partial charge on any atom is -0.319 e. The summed E-state index contributed by atoms with van der Waals surface area (Å²) in [5.41, 5.74) is 2.08. The van der Waals surface area contributed by atoms with E-state index < -0.39 is 0 Å². The van der Waals surface area contributed by atoms with Crippen LogP contribution in [0.15, 0.2) is 18.5 Å². The lowest BCUT2D eigenvalue weighted by Crippen LogP contribution is -2.10. The summed E-state index contributed by atoms with van der Waals surface area (Å²) in [6.45, 7) is 2.94. The van der Waals surface area contributed by atoms with Crippen molar-refractivity contribution in [2.75, 3.05) is 13.6 Å². The Morgan fingerprint density at radius 2 is 2.36 bits per heavy atom. The first-order chi connectivity index (χ1) is 6.81. The van der Waals surface area contributed by atoms with E-state index in [1.54, 1.807) is 6.20 Å². The zero-order valence-corrected chi connectivity index (χ0v) is 8.49. The standard InChI is InChI=1S/C10H14N4/c1-8-12-6-4-10-13-9(3-5-11-2)7-14(8)10/h4,6-7,11H,3,5H2,1-2H3. The number of aryl methyl sites for hydroxylation is 1. The quantitative estimate of drug-likeness (QED) is 0.778. The first kappa shape index (κ1) is 9.15. The predicted octanol–water partition coefficient (Wildman–Crippen LogP) is 0.800. The van der Waals surface area contributed by atoms with Gasteiger partial charge in [-0.15, -0.1) is 0 Å². The Balaban J connectivity index is 2.36. The Morgan fingerprint density at radius 3 is 3.07 bits per heavy atom. The number of nitrogens with zero attached hydrogens (tertiary/aromatic N) is 3. The maximum Gasteiger partial charge on any atom is 0.139 e. The molecule has 14 heavy (non-hydrogen) atoms. The first-order valence-electron chi connectivity index (χ1n) is 4.75. The van der Waals surface area contributed by atoms with Crippen LogP contribution in [-0.2, 0) is 6.42 Å². The van der Waals surface area contributed by atoms with Crippen molar-refractivity contribution < 1.29 is 0 Å². The van der Waals surface area contributed by atoms with E-state index in [1.807, 2.05) is 24.4 Å². The van der Waals surface area contributed by atoms with E-state index in [1.165, 1.54) is 0 Å². The van der Waals surface area contributed by atoms with Crippen molar-refractivity contribution in [2.45, 2.75) is 13.3 Å². The third-order valence-electron chi connectivity index (χ3n) is 2.25. The fourth-order valence-corrected chi connectivity index (χ4v) is 1.47. The zero-order chi connectivity index (χ0) is 9.97. The summed E-state index contributed by atoms with van der Waals surface area (Å²) in [4.78, 5) is 8.70. The highest BCUT2D eigenvalue weighted by atomic mass is 15.1. The lowest BCUT2D eigenvalue weighted by Gasteiger charge is -1.94. The molecule has 0 amide bonds. The second kappa shape index (κ2) is 3.75. The van der Waals surface area contributed by atoms with Crippen LogP contribution in [0.5, 0.6) is 0 Å². The van der Waals surface area contributed by atoms with Gasteiger partial charge in [0.2, 0.25) is 0 Å². The van der Waals surface area contributed by atoms with Gasteiger partial charge in [-0.2, -0.15) is 0 Å². The number of hydrogen-bond donors (Lipinski definition) is 1. The van der Waals surface area contributed by atoms with Gasteiger partial charge in [0.1, 0.15) is 11.5 Å². The van der Waals surface area contributed by atoms with Crippen molar-refractivity contribution in [1.29, 1.82) is 0 Å². The molecule has 0 fully saturated rings. The van der Waals surface area contributed by atoms with Gasteiger partial charge in [-0.05, 0) is 20.0 Å². The van der Waals surface area contributed by atoms with Crippen LogP contribution in [0.2, 0.25) is 0 Å². The second-order valence-corrected chi connectivity index (χ2v) is 3.31. The Labute approximate surface area is 83.0 Å². The van der Waals surface area contributed by atoms with E-state index in [0.29, 0.717) is 0 Å². The number of fused-ring (bicyclic) bond motifs is 1. The molecule has 4 nitrogen and oxygen atoms in total. The number of imidazole rings is 1. The van der Waals surface area contributed by atoms with Gasteiger partial charge in [0.05, 0.1) is 5.69 Å². The van der Waals surface area contributed by atoms with Gasteiger partial charge in [-0.3, -0.25) is 4.40 Å². The second-order valence-electron chi connectivity index (χ2n) is 3.31. The van der Waals surface area contributed by atoms with Gasteiger partial charge in [-0.25, -0.2) is 9.97 Å². The van der Waals surface area contributed by atoms with Gasteiger partial charge >= 0.3 is 0 Å². The Hall–Kier alpha value is -1.42. The summed E-state index contributed by atoms with van der Waals surface area (Å²) in [5, 5.41) is 3.11. The molecule has 0 aliphatic heterocycles. The van der Waals surface area contributed by atoms with Crippen LogP contribution in [0.4, 0.5) is 0 Å². The van der Waals surface area contributed by atoms with Crippen molar-refractivity contribution >= 4 is 5.65 Å². The lowest BCUT2D eigenvalue weighted by atomic mass is 10.3. The number of aromatic nitrogens is 3. The van der Waals surface area contributed by atoms with E-state index in [9.17, 15) is 0 Å². The molecule has 0 aliphatic rings. The molecule has 74 valence electrons. The molecule has 0 spiro atoms. The molecule has 0 atom stereocenters. The molecule has 0 aromatic carbocycles. The molecule has 0 aliphatic carbocycles. The molecule has 2 aromatic heterocycles. The van der Waals surface area contributed by atoms with Gasteiger partial charge in [0, 0.05) is 25.4 Å².